The molecule has 4 heteroatoms. The highest BCUT2D eigenvalue weighted by Crippen LogP contribution is 2.40. The van der Waals surface area contributed by atoms with Crippen molar-refractivity contribution in [3.63, 3.8) is 0 Å². The van der Waals surface area contributed by atoms with Crippen LogP contribution < -0.4 is 20.5 Å². The van der Waals surface area contributed by atoms with E-state index in [4.69, 9.17) is 15.2 Å². The van der Waals surface area contributed by atoms with Gasteiger partial charge in [-0.3, -0.25) is 0 Å². The predicted molar refractivity (Wildman–Crippen MR) is 88.4 cm³/mol. The lowest BCUT2D eigenvalue weighted by molar-refractivity contribution is 0.358. The maximum Gasteiger partial charge on any atom is 0.168 e. The van der Waals surface area contributed by atoms with Crippen LogP contribution in [0.4, 0.5) is 5.69 Å². The zero-order valence-electron chi connectivity index (χ0n) is 13.0. The summed E-state index contributed by atoms with van der Waals surface area (Å²) in [6.45, 7) is 2.89. The van der Waals surface area contributed by atoms with Crippen LogP contribution in [-0.4, -0.2) is 26.8 Å². The van der Waals surface area contributed by atoms with E-state index in [2.05, 4.69) is 18.3 Å². The van der Waals surface area contributed by atoms with E-state index in [1.54, 1.807) is 14.2 Å². The Morgan fingerprint density at radius 1 is 1.14 bits per heavy atom. The van der Waals surface area contributed by atoms with E-state index in [-0.39, 0.29) is 0 Å². The number of benzene rings is 2. The van der Waals surface area contributed by atoms with Crippen molar-refractivity contribution in [3.8, 4) is 11.5 Å². The molecule has 2 aromatic rings. The highest BCUT2D eigenvalue weighted by atomic mass is 16.5. The normalized spacial score (nSPS) is 12.2. The van der Waals surface area contributed by atoms with Crippen LogP contribution in [0.2, 0.25) is 0 Å². The highest BCUT2D eigenvalue weighted by Gasteiger charge is 2.14. The van der Waals surface area contributed by atoms with Gasteiger partial charge in [-0.25, -0.2) is 0 Å². The third kappa shape index (κ3) is 3.39. The molecule has 0 saturated carbocycles. The molecule has 0 spiro atoms. The number of hydrogen-bond donors (Lipinski definition) is 2. The van der Waals surface area contributed by atoms with Crippen molar-refractivity contribution in [2.24, 2.45) is 5.73 Å². The smallest absolute Gasteiger partial charge is 0.168 e. The van der Waals surface area contributed by atoms with Crippen LogP contribution in [0.1, 0.15) is 19.8 Å². The lowest BCUT2D eigenvalue weighted by Gasteiger charge is -2.19. The second-order valence-corrected chi connectivity index (χ2v) is 5.18. The molecule has 0 radical (unpaired) electrons. The molecule has 0 heterocycles. The SMILES string of the molecule is COc1cc(N[C@@H](C)CCCN)c2ccccc2c1OC. The third-order valence-corrected chi connectivity index (χ3v) is 3.63. The van der Waals surface area contributed by atoms with Gasteiger partial charge in [-0.15, -0.1) is 0 Å². The average molecular weight is 288 g/mol. The van der Waals surface area contributed by atoms with Crippen molar-refractivity contribution in [3.05, 3.63) is 30.3 Å². The average Bonchev–Trinajstić information content (AvgIpc) is 2.52. The summed E-state index contributed by atoms with van der Waals surface area (Å²) in [5, 5.41) is 5.74. The Morgan fingerprint density at radius 3 is 2.48 bits per heavy atom. The first-order chi connectivity index (χ1) is 10.2. The second-order valence-electron chi connectivity index (χ2n) is 5.18. The van der Waals surface area contributed by atoms with Crippen molar-refractivity contribution in [2.75, 3.05) is 26.1 Å². The Bertz CT molecular complexity index is 599. The molecular weight excluding hydrogens is 264 g/mol. The number of ether oxygens (including phenoxy) is 2. The number of nitrogens with two attached hydrogens (primary N) is 1. The maximum atomic E-state index is 5.58. The molecule has 0 aliphatic heterocycles. The zero-order valence-corrected chi connectivity index (χ0v) is 13.0. The first-order valence-corrected chi connectivity index (χ1v) is 7.31. The van der Waals surface area contributed by atoms with Crippen LogP contribution >= 0.6 is 0 Å². The maximum absolute atomic E-state index is 5.58. The van der Waals surface area contributed by atoms with Gasteiger partial charge in [-0.1, -0.05) is 24.3 Å². The molecule has 0 unspecified atom stereocenters. The number of methoxy groups -OCH3 is 2. The van der Waals surface area contributed by atoms with E-state index in [1.165, 1.54) is 0 Å². The van der Waals surface area contributed by atoms with E-state index in [0.717, 1.165) is 47.3 Å². The molecule has 4 nitrogen and oxygen atoms in total. The van der Waals surface area contributed by atoms with Crippen molar-refractivity contribution < 1.29 is 9.47 Å². The van der Waals surface area contributed by atoms with Crippen LogP contribution in [-0.2, 0) is 0 Å². The first kappa shape index (κ1) is 15.4. The quantitative estimate of drug-likeness (QED) is 0.820. The minimum Gasteiger partial charge on any atom is -0.493 e. The predicted octanol–water partition coefficient (Wildman–Crippen LogP) is 3.40. The largest absolute Gasteiger partial charge is 0.493 e. The minimum absolute atomic E-state index is 0.357. The Balaban J connectivity index is 2.43. The van der Waals surface area contributed by atoms with E-state index in [9.17, 15) is 0 Å². The standard InChI is InChI=1S/C17H24N2O2/c1-12(7-6-10-18)19-15-11-16(20-2)17(21-3)14-9-5-4-8-13(14)15/h4-5,8-9,11-12,19H,6-7,10,18H2,1-3H3/t12-/m0/s1. The van der Waals surface area contributed by atoms with Gasteiger partial charge in [0.1, 0.15) is 0 Å². The summed E-state index contributed by atoms with van der Waals surface area (Å²) < 4.78 is 11.0. The van der Waals surface area contributed by atoms with Gasteiger partial charge in [0, 0.05) is 28.6 Å². The van der Waals surface area contributed by atoms with Crippen LogP contribution in [0.15, 0.2) is 30.3 Å². The molecule has 2 aromatic carbocycles. The Kier molecular flexibility index (Phi) is 5.28. The number of fused-ring (bicyclic) bond motifs is 1. The zero-order chi connectivity index (χ0) is 15.2. The molecule has 21 heavy (non-hydrogen) atoms. The van der Waals surface area contributed by atoms with Gasteiger partial charge in [0.25, 0.3) is 0 Å². The molecule has 1 atom stereocenters. The number of rotatable bonds is 7. The Hall–Kier alpha value is -1.94. The Labute approximate surface area is 126 Å². The summed E-state index contributed by atoms with van der Waals surface area (Å²) in [5.41, 5.74) is 6.64. The molecule has 114 valence electrons. The molecule has 2 rings (SSSR count). The van der Waals surface area contributed by atoms with Crippen molar-refractivity contribution in [1.82, 2.24) is 0 Å². The molecule has 0 fully saturated rings. The van der Waals surface area contributed by atoms with E-state index < -0.39 is 0 Å². The summed E-state index contributed by atoms with van der Waals surface area (Å²) in [5.74, 6) is 1.51. The minimum atomic E-state index is 0.357. The monoisotopic (exact) mass is 288 g/mol. The Morgan fingerprint density at radius 2 is 1.86 bits per heavy atom. The van der Waals surface area contributed by atoms with E-state index >= 15 is 0 Å². The van der Waals surface area contributed by atoms with Gasteiger partial charge >= 0.3 is 0 Å². The molecule has 0 saturated heterocycles. The summed E-state index contributed by atoms with van der Waals surface area (Å²) in [7, 11) is 3.33. The molecule has 0 aliphatic carbocycles. The van der Waals surface area contributed by atoms with Crippen molar-refractivity contribution in [1.29, 1.82) is 0 Å². The van der Waals surface area contributed by atoms with Gasteiger partial charge in [0.05, 0.1) is 14.2 Å². The van der Waals surface area contributed by atoms with E-state index in [1.807, 2.05) is 24.3 Å². The third-order valence-electron chi connectivity index (χ3n) is 3.63. The first-order valence-electron chi connectivity index (χ1n) is 7.31. The fourth-order valence-corrected chi connectivity index (χ4v) is 2.57. The number of anilines is 1. The van der Waals surface area contributed by atoms with Crippen molar-refractivity contribution >= 4 is 16.5 Å². The van der Waals surface area contributed by atoms with Crippen LogP contribution in [0.5, 0.6) is 11.5 Å². The van der Waals surface area contributed by atoms with Gasteiger partial charge in [0.15, 0.2) is 11.5 Å². The van der Waals surface area contributed by atoms with Crippen LogP contribution in [0.25, 0.3) is 10.8 Å². The number of nitrogens with one attached hydrogen (secondary N) is 1. The van der Waals surface area contributed by atoms with Gasteiger partial charge in [-0.2, -0.15) is 0 Å². The fraction of sp³-hybridized carbons (Fsp3) is 0.412. The highest BCUT2D eigenvalue weighted by molar-refractivity contribution is 6.00. The number of hydrogen-bond acceptors (Lipinski definition) is 4. The fourth-order valence-electron chi connectivity index (χ4n) is 2.57. The lowest BCUT2D eigenvalue weighted by Crippen LogP contribution is -2.17. The summed E-state index contributed by atoms with van der Waals surface area (Å²) in [6.07, 6.45) is 2.05. The molecule has 0 amide bonds. The van der Waals surface area contributed by atoms with Gasteiger partial charge in [0.2, 0.25) is 0 Å². The summed E-state index contributed by atoms with van der Waals surface area (Å²) in [6, 6.07) is 10.5. The second kappa shape index (κ2) is 7.18. The summed E-state index contributed by atoms with van der Waals surface area (Å²) >= 11 is 0. The van der Waals surface area contributed by atoms with Crippen LogP contribution in [0.3, 0.4) is 0 Å². The molecule has 3 N–H and O–H groups in total. The van der Waals surface area contributed by atoms with Crippen molar-refractivity contribution in [2.45, 2.75) is 25.8 Å². The van der Waals surface area contributed by atoms with E-state index in [0.29, 0.717) is 6.04 Å². The molecular formula is C17H24N2O2. The summed E-state index contributed by atoms with van der Waals surface area (Å²) in [4.78, 5) is 0. The topological polar surface area (TPSA) is 56.5 Å². The molecule has 0 aliphatic rings. The molecule has 0 aromatic heterocycles. The van der Waals surface area contributed by atoms with Gasteiger partial charge < -0.3 is 20.5 Å². The molecule has 0 bridgehead atoms. The lowest BCUT2D eigenvalue weighted by atomic mass is 10.1. The van der Waals surface area contributed by atoms with Gasteiger partial charge in [-0.05, 0) is 26.3 Å². The van der Waals surface area contributed by atoms with Crippen LogP contribution in [0, 0.1) is 0 Å².